The molecular weight excluding hydrogens is 397 g/mol. The molecule has 9 heteroatoms. The molecule has 0 atom stereocenters. The number of hydrogen-bond acceptors (Lipinski definition) is 3. The van der Waals surface area contributed by atoms with Crippen molar-refractivity contribution in [3.63, 3.8) is 0 Å². The van der Waals surface area contributed by atoms with Gasteiger partial charge in [0.1, 0.15) is 0 Å². The molecule has 30 heavy (non-hydrogen) atoms. The quantitative estimate of drug-likeness (QED) is 0.614. The van der Waals surface area contributed by atoms with Gasteiger partial charge in [-0.05, 0) is 35.9 Å². The van der Waals surface area contributed by atoms with Gasteiger partial charge in [-0.1, -0.05) is 18.2 Å². The molecule has 2 N–H and O–H groups in total. The van der Waals surface area contributed by atoms with Crippen molar-refractivity contribution in [1.82, 2.24) is 14.9 Å². The number of benzene rings is 2. The maximum atomic E-state index is 12.6. The fourth-order valence-electron chi connectivity index (χ4n) is 2.71. The Balaban J connectivity index is 1.53. The van der Waals surface area contributed by atoms with Crippen LogP contribution >= 0.6 is 0 Å². The number of carbonyl (C=O) groups is 2. The third-order valence-corrected chi connectivity index (χ3v) is 4.30. The second kappa shape index (κ2) is 9.25. The lowest BCUT2D eigenvalue weighted by atomic mass is 10.1. The minimum atomic E-state index is -4.40. The summed E-state index contributed by atoms with van der Waals surface area (Å²) in [6, 6.07) is 11.0. The van der Waals surface area contributed by atoms with Crippen molar-refractivity contribution in [3.8, 4) is 0 Å². The third kappa shape index (κ3) is 5.94. The molecule has 1 heterocycles. The van der Waals surface area contributed by atoms with Gasteiger partial charge in [0.25, 0.3) is 5.91 Å². The number of alkyl halides is 3. The van der Waals surface area contributed by atoms with E-state index in [1.807, 2.05) is 0 Å². The van der Waals surface area contributed by atoms with Crippen molar-refractivity contribution in [2.45, 2.75) is 25.7 Å². The van der Waals surface area contributed by atoms with Crippen molar-refractivity contribution >= 4 is 17.5 Å². The Kier molecular flexibility index (Phi) is 6.51. The number of anilines is 1. The average molecular weight is 416 g/mol. The Bertz CT molecular complexity index is 1000. The number of nitrogens with one attached hydrogen (secondary N) is 2. The summed E-state index contributed by atoms with van der Waals surface area (Å²) in [5.41, 5.74) is 0.608. The molecule has 0 aliphatic carbocycles. The van der Waals surface area contributed by atoms with Crippen LogP contribution in [0.15, 0.2) is 67.3 Å². The van der Waals surface area contributed by atoms with Crippen LogP contribution in [0.2, 0.25) is 0 Å². The molecule has 2 amide bonds. The van der Waals surface area contributed by atoms with Gasteiger partial charge < -0.3 is 15.2 Å². The molecule has 3 aromatic rings. The highest BCUT2D eigenvalue weighted by Crippen LogP contribution is 2.29. The van der Waals surface area contributed by atoms with E-state index >= 15 is 0 Å². The van der Waals surface area contributed by atoms with Gasteiger partial charge in [-0.15, -0.1) is 0 Å². The summed E-state index contributed by atoms with van der Waals surface area (Å²) in [6.45, 7) is 0.567. The minimum Gasteiger partial charge on any atom is -0.348 e. The Morgan fingerprint density at radius 1 is 1.07 bits per heavy atom. The number of aromatic nitrogens is 2. The standard InChI is InChI=1S/C21H19F3N4O2/c22-21(23,24)17-6-4-15(5-7-17)13-26-20(30)16-2-1-3-18(12-16)27-19(29)8-10-28-11-9-25-14-28/h1-7,9,11-12,14H,8,10,13H2,(H,26,30)(H,27,29). The van der Waals surface area contributed by atoms with Crippen LogP contribution in [0.25, 0.3) is 0 Å². The Hall–Kier alpha value is -3.62. The number of aryl methyl sites for hydroxylation is 1. The molecule has 6 nitrogen and oxygen atoms in total. The number of carbonyl (C=O) groups excluding carboxylic acids is 2. The summed E-state index contributed by atoms with van der Waals surface area (Å²) in [7, 11) is 0. The summed E-state index contributed by atoms with van der Waals surface area (Å²) in [5, 5.41) is 5.39. The van der Waals surface area contributed by atoms with E-state index in [0.717, 1.165) is 12.1 Å². The lowest BCUT2D eigenvalue weighted by Crippen LogP contribution is -2.23. The van der Waals surface area contributed by atoms with E-state index in [9.17, 15) is 22.8 Å². The van der Waals surface area contributed by atoms with Gasteiger partial charge in [0.05, 0.1) is 11.9 Å². The first-order valence-corrected chi connectivity index (χ1v) is 9.11. The smallest absolute Gasteiger partial charge is 0.348 e. The predicted molar refractivity (Wildman–Crippen MR) is 105 cm³/mol. The highest BCUT2D eigenvalue weighted by molar-refractivity contribution is 5.97. The summed E-state index contributed by atoms with van der Waals surface area (Å²) >= 11 is 0. The number of nitrogens with zero attached hydrogens (tertiary/aromatic N) is 2. The zero-order chi connectivity index (χ0) is 21.6. The van der Waals surface area contributed by atoms with E-state index in [0.29, 0.717) is 23.4 Å². The lowest BCUT2D eigenvalue weighted by Gasteiger charge is -2.10. The molecule has 1 aromatic heterocycles. The maximum Gasteiger partial charge on any atom is 0.416 e. The van der Waals surface area contributed by atoms with Gasteiger partial charge in [-0.3, -0.25) is 9.59 Å². The van der Waals surface area contributed by atoms with Gasteiger partial charge in [-0.2, -0.15) is 13.2 Å². The molecular formula is C21H19F3N4O2. The highest BCUT2D eigenvalue weighted by atomic mass is 19.4. The van der Waals surface area contributed by atoms with Crippen molar-refractivity contribution in [2.24, 2.45) is 0 Å². The van der Waals surface area contributed by atoms with E-state index < -0.39 is 17.6 Å². The minimum absolute atomic E-state index is 0.0818. The van der Waals surface area contributed by atoms with Crippen LogP contribution in [-0.2, 0) is 24.1 Å². The molecule has 0 aliphatic heterocycles. The van der Waals surface area contributed by atoms with Crippen LogP contribution in [-0.4, -0.2) is 21.4 Å². The fraction of sp³-hybridized carbons (Fsp3) is 0.190. The molecule has 0 bridgehead atoms. The first-order chi connectivity index (χ1) is 14.3. The molecule has 0 saturated heterocycles. The number of rotatable bonds is 7. The first-order valence-electron chi connectivity index (χ1n) is 9.11. The van der Waals surface area contributed by atoms with Crippen LogP contribution in [0.3, 0.4) is 0 Å². The van der Waals surface area contributed by atoms with Gasteiger partial charge in [0.15, 0.2) is 0 Å². The zero-order valence-electron chi connectivity index (χ0n) is 15.8. The predicted octanol–water partition coefficient (Wildman–Crippen LogP) is 3.86. The molecule has 0 unspecified atom stereocenters. The largest absolute Gasteiger partial charge is 0.416 e. The van der Waals surface area contributed by atoms with Crippen LogP contribution in [0, 0.1) is 0 Å². The molecule has 0 aliphatic rings. The molecule has 3 rings (SSSR count). The summed E-state index contributed by atoms with van der Waals surface area (Å²) in [5.74, 6) is -0.601. The first kappa shape index (κ1) is 21.1. The monoisotopic (exact) mass is 416 g/mol. The summed E-state index contributed by atoms with van der Waals surface area (Å²) in [6.07, 6.45) is 0.862. The Labute approximate surface area is 170 Å². The van der Waals surface area contributed by atoms with Crippen molar-refractivity contribution in [1.29, 1.82) is 0 Å². The second-order valence-electron chi connectivity index (χ2n) is 6.56. The third-order valence-electron chi connectivity index (χ3n) is 4.30. The molecule has 156 valence electrons. The Morgan fingerprint density at radius 3 is 2.50 bits per heavy atom. The van der Waals surface area contributed by atoms with Gasteiger partial charge in [0, 0.05) is 43.2 Å². The Morgan fingerprint density at radius 2 is 1.83 bits per heavy atom. The number of imidazole rings is 1. The van der Waals surface area contributed by atoms with E-state index in [2.05, 4.69) is 15.6 Å². The zero-order valence-corrected chi connectivity index (χ0v) is 15.8. The van der Waals surface area contributed by atoms with E-state index in [4.69, 9.17) is 0 Å². The molecule has 0 spiro atoms. The van der Waals surface area contributed by atoms with Gasteiger partial charge >= 0.3 is 6.18 Å². The molecule has 0 radical (unpaired) electrons. The van der Waals surface area contributed by atoms with Crippen LogP contribution in [0.4, 0.5) is 18.9 Å². The highest BCUT2D eigenvalue weighted by Gasteiger charge is 2.29. The number of amides is 2. The molecule has 0 fully saturated rings. The van der Waals surface area contributed by atoms with Crippen molar-refractivity contribution < 1.29 is 22.8 Å². The van der Waals surface area contributed by atoms with Crippen LogP contribution in [0.1, 0.15) is 27.9 Å². The van der Waals surface area contributed by atoms with Crippen molar-refractivity contribution in [3.05, 3.63) is 83.9 Å². The van der Waals surface area contributed by atoms with E-state index in [1.165, 1.54) is 18.2 Å². The maximum absolute atomic E-state index is 12.6. The molecule has 2 aromatic carbocycles. The van der Waals surface area contributed by atoms with E-state index in [1.54, 1.807) is 41.5 Å². The van der Waals surface area contributed by atoms with Gasteiger partial charge in [0.2, 0.25) is 5.91 Å². The van der Waals surface area contributed by atoms with Crippen molar-refractivity contribution in [2.75, 3.05) is 5.32 Å². The normalized spacial score (nSPS) is 11.2. The fourth-order valence-corrected chi connectivity index (χ4v) is 2.71. The average Bonchev–Trinajstić information content (AvgIpc) is 3.24. The van der Waals surface area contributed by atoms with Crippen LogP contribution in [0.5, 0.6) is 0 Å². The number of hydrogen-bond donors (Lipinski definition) is 2. The molecule has 0 saturated carbocycles. The number of halogens is 3. The lowest BCUT2D eigenvalue weighted by molar-refractivity contribution is -0.137. The van der Waals surface area contributed by atoms with Crippen LogP contribution < -0.4 is 10.6 Å². The van der Waals surface area contributed by atoms with Gasteiger partial charge in [-0.25, -0.2) is 4.98 Å². The summed E-state index contributed by atoms with van der Waals surface area (Å²) in [4.78, 5) is 28.3. The second-order valence-corrected chi connectivity index (χ2v) is 6.56. The topological polar surface area (TPSA) is 76.0 Å². The SMILES string of the molecule is O=C(CCn1ccnc1)Nc1cccc(C(=O)NCc2ccc(C(F)(F)F)cc2)c1. The summed E-state index contributed by atoms with van der Waals surface area (Å²) < 4.78 is 39.6. The van der Waals surface area contributed by atoms with E-state index in [-0.39, 0.29) is 18.9 Å².